The van der Waals surface area contributed by atoms with E-state index in [-0.39, 0.29) is 0 Å². The quantitative estimate of drug-likeness (QED) is 0.743. The van der Waals surface area contributed by atoms with Gasteiger partial charge in [0, 0.05) is 23.2 Å². The molecule has 0 saturated heterocycles. The van der Waals surface area contributed by atoms with E-state index >= 15 is 0 Å². The molecule has 0 aliphatic heterocycles. The third-order valence-corrected chi connectivity index (χ3v) is 2.17. The fourth-order valence-electron chi connectivity index (χ4n) is 1.18. The molecule has 0 aliphatic carbocycles. The highest BCUT2D eigenvalue weighted by Crippen LogP contribution is 2.34. The van der Waals surface area contributed by atoms with Gasteiger partial charge in [0.1, 0.15) is 0 Å². The number of nitrogens with one attached hydrogen (secondary N) is 1. The highest BCUT2D eigenvalue weighted by Gasteiger charge is 2.30. The van der Waals surface area contributed by atoms with Crippen molar-refractivity contribution in [3.8, 4) is 0 Å². The standard InChI is InChI=1S/C10H10F3NS/c1-6(15)8-4-3-7(10(11,12)13)5-9(8)14-2/h3-5,14-15H,1H2,2H3. The molecule has 0 spiro atoms. The minimum Gasteiger partial charge on any atom is -0.388 e. The molecule has 15 heavy (non-hydrogen) atoms. The maximum Gasteiger partial charge on any atom is 0.416 e. The van der Waals surface area contributed by atoms with Crippen molar-refractivity contribution in [2.45, 2.75) is 6.18 Å². The van der Waals surface area contributed by atoms with Crippen molar-refractivity contribution in [2.75, 3.05) is 12.4 Å². The largest absolute Gasteiger partial charge is 0.416 e. The molecule has 0 aromatic heterocycles. The van der Waals surface area contributed by atoms with E-state index < -0.39 is 11.7 Å². The summed E-state index contributed by atoms with van der Waals surface area (Å²) in [6, 6.07) is 3.40. The van der Waals surface area contributed by atoms with Gasteiger partial charge in [-0.05, 0) is 12.1 Å². The second-order valence-electron chi connectivity index (χ2n) is 2.95. The Kier molecular flexibility index (Phi) is 3.34. The molecule has 1 rings (SSSR count). The van der Waals surface area contributed by atoms with E-state index in [2.05, 4.69) is 24.5 Å². The first-order chi connectivity index (χ1) is 6.86. The zero-order chi connectivity index (χ0) is 11.6. The van der Waals surface area contributed by atoms with Crippen LogP contribution in [0.5, 0.6) is 0 Å². The van der Waals surface area contributed by atoms with Gasteiger partial charge in [-0.1, -0.05) is 12.6 Å². The molecule has 0 saturated carbocycles. The van der Waals surface area contributed by atoms with Crippen LogP contribution in [0.3, 0.4) is 0 Å². The molecular formula is C10H10F3NS. The molecule has 1 aromatic rings. The average molecular weight is 233 g/mol. The summed E-state index contributed by atoms with van der Waals surface area (Å²) in [4.78, 5) is 0.424. The van der Waals surface area contributed by atoms with E-state index in [4.69, 9.17) is 0 Å². The van der Waals surface area contributed by atoms with Crippen LogP contribution < -0.4 is 5.32 Å². The van der Waals surface area contributed by atoms with Crippen molar-refractivity contribution in [2.24, 2.45) is 0 Å². The van der Waals surface area contributed by atoms with Crippen LogP contribution >= 0.6 is 12.6 Å². The molecule has 0 heterocycles. The molecule has 82 valence electrons. The second-order valence-corrected chi connectivity index (χ2v) is 3.49. The predicted molar refractivity (Wildman–Crippen MR) is 59.0 cm³/mol. The summed E-state index contributed by atoms with van der Waals surface area (Å²) in [5, 5.41) is 2.68. The van der Waals surface area contributed by atoms with Gasteiger partial charge in [0.15, 0.2) is 0 Å². The number of rotatable bonds is 2. The Bertz CT molecular complexity index is 385. The Morgan fingerprint density at radius 3 is 2.40 bits per heavy atom. The van der Waals surface area contributed by atoms with Crippen molar-refractivity contribution >= 4 is 23.2 Å². The predicted octanol–water partition coefficient (Wildman–Crippen LogP) is 3.65. The molecule has 0 bridgehead atoms. The Labute approximate surface area is 91.4 Å². The third kappa shape index (κ3) is 2.68. The summed E-state index contributed by atoms with van der Waals surface area (Å²) in [5.74, 6) is 0. The fraction of sp³-hybridized carbons (Fsp3) is 0.200. The van der Waals surface area contributed by atoms with E-state index in [0.717, 1.165) is 12.1 Å². The van der Waals surface area contributed by atoms with Gasteiger partial charge >= 0.3 is 6.18 Å². The van der Waals surface area contributed by atoms with Gasteiger partial charge in [0.25, 0.3) is 0 Å². The lowest BCUT2D eigenvalue weighted by Crippen LogP contribution is -2.06. The fourth-order valence-corrected chi connectivity index (χ4v) is 1.37. The molecule has 5 heteroatoms. The summed E-state index contributed by atoms with van der Waals surface area (Å²) in [5.41, 5.74) is 0.240. The van der Waals surface area contributed by atoms with Crippen LogP contribution in [0.25, 0.3) is 4.91 Å². The maximum atomic E-state index is 12.4. The second kappa shape index (κ2) is 4.18. The molecule has 0 aliphatic rings. The average Bonchev–Trinajstić information content (AvgIpc) is 2.15. The van der Waals surface area contributed by atoms with Crippen molar-refractivity contribution in [1.29, 1.82) is 0 Å². The van der Waals surface area contributed by atoms with Gasteiger partial charge in [-0.15, -0.1) is 12.6 Å². The van der Waals surface area contributed by atoms with E-state index in [1.54, 1.807) is 7.05 Å². The van der Waals surface area contributed by atoms with E-state index in [1.807, 2.05) is 0 Å². The lowest BCUT2D eigenvalue weighted by atomic mass is 10.1. The van der Waals surface area contributed by atoms with Crippen molar-refractivity contribution < 1.29 is 13.2 Å². The highest BCUT2D eigenvalue weighted by molar-refractivity contribution is 7.90. The monoisotopic (exact) mass is 233 g/mol. The first-order valence-electron chi connectivity index (χ1n) is 4.13. The molecule has 1 N–H and O–H groups in total. The number of hydrogen-bond acceptors (Lipinski definition) is 2. The third-order valence-electron chi connectivity index (χ3n) is 1.93. The maximum absolute atomic E-state index is 12.4. The molecular weight excluding hydrogens is 223 g/mol. The van der Waals surface area contributed by atoms with Gasteiger partial charge < -0.3 is 5.32 Å². The first kappa shape index (κ1) is 12.0. The van der Waals surface area contributed by atoms with E-state index in [1.165, 1.54) is 6.07 Å². The SMILES string of the molecule is C=C(S)c1ccc(C(F)(F)F)cc1NC. The molecule has 0 fully saturated rings. The van der Waals surface area contributed by atoms with E-state index in [9.17, 15) is 13.2 Å². The van der Waals surface area contributed by atoms with Crippen LogP contribution in [-0.4, -0.2) is 7.05 Å². The van der Waals surface area contributed by atoms with Crippen molar-refractivity contribution in [3.05, 3.63) is 35.9 Å². The van der Waals surface area contributed by atoms with Gasteiger partial charge in [0.05, 0.1) is 5.56 Å². The van der Waals surface area contributed by atoms with Crippen LogP contribution in [0.15, 0.2) is 24.8 Å². The lowest BCUT2D eigenvalue weighted by molar-refractivity contribution is -0.137. The lowest BCUT2D eigenvalue weighted by Gasteiger charge is -2.12. The molecule has 1 aromatic carbocycles. The molecule has 0 atom stereocenters. The Morgan fingerprint density at radius 1 is 1.40 bits per heavy atom. The van der Waals surface area contributed by atoms with Crippen LogP contribution in [0, 0.1) is 0 Å². The number of hydrogen-bond donors (Lipinski definition) is 2. The number of thiol groups is 1. The van der Waals surface area contributed by atoms with Gasteiger partial charge in [-0.2, -0.15) is 13.2 Å². The topological polar surface area (TPSA) is 12.0 Å². The number of anilines is 1. The summed E-state index contributed by atoms with van der Waals surface area (Å²) in [7, 11) is 1.55. The number of alkyl halides is 3. The summed E-state index contributed by atoms with van der Waals surface area (Å²) in [6.07, 6.45) is -4.33. The summed E-state index contributed by atoms with van der Waals surface area (Å²) in [6.45, 7) is 3.57. The minimum absolute atomic E-state index is 0.366. The first-order valence-corrected chi connectivity index (χ1v) is 4.58. The molecule has 0 unspecified atom stereocenters. The van der Waals surface area contributed by atoms with Crippen molar-refractivity contribution in [3.63, 3.8) is 0 Å². The van der Waals surface area contributed by atoms with Gasteiger partial charge in [0.2, 0.25) is 0 Å². The zero-order valence-electron chi connectivity index (χ0n) is 8.02. The number of benzene rings is 1. The summed E-state index contributed by atoms with van der Waals surface area (Å²) >= 11 is 4.00. The Balaban J connectivity index is 3.25. The Hall–Kier alpha value is -1.10. The molecule has 0 radical (unpaired) electrons. The molecule has 0 amide bonds. The summed E-state index contributed by atoms with van der Waals surface area (Å²) < 4.78 is 37.1. The molecule has 1 nitrogen and oxygen atoms in total. The minimum atomic E-state index is -4.33. The zero-order valence-corrected chi connectivity index (χ0v) is 8.91. The van der Waals surface area contributed by atoms with Crippen LogP contribution in [0.1, 0.15) is 11.1 Å². The van der Waals surface area contributed by atoms with Crippen LogP contribution in [0.4, 0.5) is 18.9 Å². The number of halogens is 3. The normalized spacial score (nSPS) is 11.3. The smallest absolute Gasteiger partial charge is 0.388 e. The van der Waals surface area contributed by atoms with Crippen LogP contribution in [0.2, 0.25) is 0 Å². The van der Waals surface area contributed by atoms with Crippen molar-refractivity contribution in [1.82, 2.24) is 0 Å². The highest BCUT2D eigenvalue weighted by atomic mass is 32.1. The van der Waals surface area contributed by atoms with Crippen LogP contribution in [-0.2, 0) is 6.18 Å². The van der Waals surface area contributed by atoms with Gasteiger partial charge in [-0.25, -0.2) is 0 Å². The van der Waals surface area contributed by atoms with Gasteiger partial charge in [-0.3, -0.25) is 0 Å². The Morgan fingerprint density at radius 2 is 2.00 bits per heavy atom. The van der Waals surface area contributed by atoms with E-state index in [0.29, 0.717) is 16.2 Å².